The van der Waals surface area contributed by atoms with Gasteiger partial charge in [0.05, 0.1) is 7.11 Å². The summed E-state index contributed by atoms with van der Waals surface area (Å²) in [6, 6.07) is 8.97. The van der Waals surface area contributed by atoms with E-state index in [1.807, 2.05) is 6.07 Å². The van der Waals surface area contributed by atoms with E-state index in [-0.39, 0.29) is 12.2 Å². The molecule has 0 unspecified atom stereocenters. The number of esters is 1. The largest absolute Gasteiger partial charge is 0.464 e. The maximum absolute atomic E-state index is 11.9. The van der Waals surface area contributed by atoms with Crippen LogP contribution in [0.2, 0.25) is 0 Å². The van der Waals surface area contributed by atoms with E-state index < -0.39 is 23.6 Å². The van der Waals surface area contributed by atoms with Gasteiger partial charge in [-0.05, 0) is 32.4 Å². The van der Waals surface area contributed by atoms with Gasteiger partial charge in [-0.2, -0.15) is 0 Å². The molecule has 2 N–H and O–H groups in total. The van der Waals surface area contributed by atoms with Gasteiger partial charge >= 0.3 is 12.1 Å². The molecule has 24 heavy (non-hydrogen) atoms. The van der Waals surface area contributed by atoms with Crippen LogP contribution in [0.25, 0.3) is 6.08 Å². The monoisotopic (exact) mass is 334 g/mol. The van der Waals surface area contributed by atoms with Crippen LogP contribution in [-0.2, 0) is 19.1 Å². The summed E-state index contributed by atoms with van der Waals surface area (Å²) in [5.41, 5.74) is 0.0308. The summed E-state index contributed by atoms with van der Waals surface area (Å²) < 4.78 is 9.66. The molecule has 0 bridgehead atoms. The highest BCUT2D eigenvalue weighted by molar-refractivity contribution is 5.98. The highest BCUT2D eigenvalue weighted by Gasteiger charge is 2.18. The molecule has 0 atom stereocenters. The molecule has 0 spiro atoms. The summed E-state index contributed by atoms with van der Waals surface area (Å²) >= 11 is 0. The maximum Gasteiger partial charge on any atom is 0.408 e. The van der Waals surface area contributed by atoms with Crippen molar-refractivity contribution in [3.8, 4) is 0 Å². The van der Waals surface area contributed by atoms with Crippen molar-refractivity contribution in [3.63, 3.8) is 0 Å². The number of amides is 2. The molecule has 0 aliphatic rings. The molecule has 0 heterocycles. The normalized spacial score (nSPS) is 11.4. The Morgan fingerprint density at radius 2 is 1.75 bits per heavy atom. The van der Waals surface area contributed by atoms with E-state index in [9.17, 15) is 14.4 Å². The quantitative estimate of drug-likeness (QED) is 0.633. The number of nitrogens with one attached hydrogen (secondary N) is 2. The molecule has 0 aliphatic heterocycles. The fraction of sp³-hybridized carbons (Fsp3) is 0.353. The van der Waals surface area contributed by atoms with Crippen molar-refractivity contribution in [2.45, 2.75) is 26.4 Å². The van der Waals surface area contributed by atoms with Crippen molar-refractivity contribution in [2.75, 3.05) is 13.7 Å². The standard InChI is InChI=1S/C17H22N2O5/c1-17(2,3)24-16(22)18-11-14(20)19-13(15(21)23-4)10-12-8-6-5-7-9-12/h5-10H,11H2,1-4H3,(H,18,22)(H,19,20)/b13-10-. The molecular formula is C17H22N2O5. The zero-order valence-electron chi connectivity index (χ0n) is 14.2. The highest BCUT2D eigenvalue weighted by atomic mass is 16.6. The Bertz CT molecular complexity index is 618. The molecular weight excluding hydrogens is 312 g/mol. The Morgan fingerprint density at radius 1 is 1.12 bits per heavy atom. The van der Waals surface area contributed by atoms with E-state index in [0.29, 0.717) is 0 Å². The molecule has 2 amide bonds. The fourth-order valence-corrected chi connectivity index (χ4v) is 1.63. The van der Waals surface area contributed by atoms with Crippen LogP contribution in [0.5, 0.6) is 0 Å². The number of alkyl carbamates (subject to hydrolysis) is 1. The number of ether oxygens (including phenoxy) is 2. The van der Waals surface area contributed by atoms with Gasteiger partial charge in [0.25, 0.3) is 0 Å². The van der Waals surface area contributed by atoms with Gasteiger partial charge in [0, 0.05) is 0 Å². The van der Waals surface area contributed by atoms with E-state index in [4.69, 9.17) is 4.74 Å². The van der Waals surface area contributed by atoms with Gasteiger partial charge in [-0.3, -0.25) is 4.79 Å². The summed E-state index contributed by atoms with van der Waals surface area (Å²) in [6.07, 6.45) is 0.765. The van der Waals surface area contributed by atoms with Crippen molar-refractivity contribution >= 4 is 24.0 Å². The lowest BCUT2D eigenvalue weighted by molar-refractivity contribution is -0.137. The molecule has 1 aromatic rings. The van der Waals surface area contributed by atoms with E-state index >= 15 is 0 Å². The molecule has 7 heteroatoms. The Labute approximate surface area is 141 Å². The van der Waals surface area contributed by atoms with Crippen molar-refractivity contribution in [3.05, 3.63) is 41.6 Å². The number of hydrogen-bond acceptors (Lipinski definition) is 5. The van der Waals surface area contributed by atoms with E-state index in [1.165, 1.54) is 13.2 Å². The first-order chi connectivity index (χ1) is 11.2. The first-order valence-corrected chi connectivity index (χ1v) is 7.33. The highest BCUT2D eigenvalue weighted by Crippen LogP contribution is 2.07. The minimum Gasteiger partial charge on any atom is -0.464 e. The molecule has 0 aliphatic carbocycles. The lowest BCUT2D eigenvalue weighted by Gasteiger charge is -2.19. The van der Waals surface area contributed by atoms with E-state index in [1.54, 1.807) is 45.0 Å². The zero-order valence-corrected chi connectivity index (χ0v) is 14.2. The first kappa shape index (κ1) is 19.2. The van der Waals surface area contributed by atoms with Crippen LogP contribution in [0.3, 0.4) is 0 Å². The fourth-order valence-electron chi connectivity index (χ4n) is 1.63. The first-order valence-electron chi connectivity index (χ1n) is 7.33. The molecule has 0 saturated heterocycles. The van der Waals surface area contributed by atoms with Gasteiger partial charge in [-0.25, -0.2) is 9.59 Å². The molecule has 0 fully saturated rings. The van der Waals surface area contributed by atoms with Gasteiger partial charge in [0.1, 0.15) is 17.8 Å². The number of carbonyl (C=O) groups is 3. The molecule has 7 nitrogen and oxygen atoms in total. The van der Waals surface area contributed by atoms with Crippen LogP contribution in [0, 0.1) is 0 Å². The predicted octanol–water partition coefficient (Wildman–Crippen LogP) is 1.84. The lowest BCUT2D eigenvalue weighted by atomic mass is 10.2. The third-order valence-electron chi connectivity index (χ3n) is 2.58. The summed E-state index contributed by atoms with van der Waals surface area (Å²) in [4.78, 5) is 35.2. The number of hydrogen-bond donors (Lipinski definition) is 2. The molecule has 130 valence electrons. The Hall–Kier alpha value is -2.83. The Kier molecular flexibility index (Phi) is 6.98. The third kappa shape index (κ3) is 7.44. The van der Waals surface area contributed by atoms with Crippen LogP contribution < -0.4 is 10.6 Å². The van der Waals surface area contributed by atoms with Gasteiger partial charge in [-0.1, -0.05) is 30.3 Å². The average molecular weight is 334 g/mol. The van der Waals surface area contributed by atoms with Crippen molar-refractivity contribution < 1.29 is 23.9 Å². The molecule has 1 rings (SSSR count). The topological polar surface area (TPSA) is 93.7 Å². The third-order valence-corrected chi connectivity index (χ3v) is 2.58. The van der Waals surface area contributed by atoms with E-state index in [2.05, 4.69) is 15.4 Å². The summed E-state index contributed by atoms with van der Waals surface area (Å²) in [5.74, 6) is -1.27. The van der Waals surface area contributed by atoms with Crippen molar-refractivity contribution in [2.24, 2.45) is 0 Å². The smallest absolute Gasteiger partial charge is 0.408 e. The molecule has 0 aromatic heterocycles. The minimum absolute atomic E-state index is 0.0281. The zero-order chi connectivity index (χ0) is 18.2. The van der Waals surface area contributed by atoms with Gasteiger partial charge in [0.15, 0.2) is 0 Å². The lowest BCUT2D eigenvalue weighted by Crippen LogP contribution is -2.40. The van der Waals surface area contributed by atoms with E-state index in [0.717, 1.165) is 5.56 Å². The van der Waals surface area contributed by atoms with Crippen molar-refractivity contribution in [1.29, 1.82) is 0 Å². The van der Waals surface area contributed by atoms with Gasteiger partial charge in [0.2, 0.25) is 5.91 Å². The molecule has 1 aromatic carbocycles. The number of carbonyl (C=O) groups excluding carboxylic acids is 3. The van der Waals surface area contributed by atoms with Crippen LogP contribution in [0.15, 0.2) is 36.0 Å². The second kappa shape index (κ2) is 8.71. The second-order valence-electron chi connectivity index (χ2n) is 5.86. The van der Waals surface area contributed by atoms with Crippen LogP contribution in [0.4, 0.5) is 4.79 Å². The molecule has 0 saturated carbocycles. The number of benzene rings is 1. The van der Waals surface area contributed by atoms with Crippen LogP contribution >= 0.6 is 0 Å². The van der Waals surface area contributed by atoms with Crippen LogP contribution in [0.1, 0.15) is 26.3 Å². The SMILES string of the molecule is COC(=O)/C(=C/c1ccccc1)NC(=O)CNC(=O)OC(C)(C)C. The van der Waals surface area contributed by atoms with Gasteiger partial charge < -0.3 is 20.1 Å². The second-order valence-corrected chi connectivity index (χ2v) is 5.86. The minimum atomic E-state index is -0.718. The van der Waals surface area contributed by atoms with Crippen LogP contribution in [-0.4, -0.2) is 37.2 Å². The summed E-state index contributed by atoms with van der Waals surface area (Å²) in [6.45, 7) is 4.80. The Balaban J connectivity index is 2.67. The Morgan fingerprint density at radius 3 is 2.29 bits per heavy atom. The average Bonchev–Trinajstić information content (AvgIpc) is 2.51. The number of rotatable bonds is 5. The van der Waals surface area contributed by atoms with Gasteiger partial charge in [-0.15, -0.1) is 0 Å². The van der Waals surface area contributed by atoms with Crippen molar-refractivity contribution in [1.82, 2.24) is 10.6 Å². The number of methoxy groups -OCH3 is 1. The predicted molar refractivity (Wildman–Crippen MR) is 88.8 cm³/mol. The molecule has 0 radical (unpaired) electrons. The summed E-state index contributed by atoms with van der Waals surface area (Å²) in [5, 5.41) is 4.72. The summed E-state index contributed by atoms with van der Waals surface area (Å²) in [7, 11) is 1.21. The maximum atomic E-state index is 11.9.